The molecule has 0 aliphatic carbocycles. The first-order valence-corrected chi connectivity index (χ1v) is 13.5. The van der Waals surface area contributed by atoms with Gasteiger partial charge in [-0.25, -0.2) is 4.79 Å². The molecule has 9 heteroatoms. The first kappa shape index (κ1) is 27.9. The van der Waals surface area contributed by atoms with E-state index in [1.54, 1.807) is 60.8 Å². The van der Waals surface area contributed by atoms with Crippen LogP contribution in [0.2, 0.25) is 5.02 Å². The van der Waals surface area contributed by atoms with Gasteiger partial charge < -0.3 is 20.1 Å². The number of hydrogen-bond acceptors (Lipinski definition) is 6. The lowest BCUT2D eigenvalue weighted by atomic mass is 10.0. The van der Waals surface area contributed by atoms with Crippen molar-refractivity contribution in [2.24, 2.45) is 0 Å². The van der Waals surface area contributed by atoms with E-state index in [4.69, 9.17) is 21.1 Å². The van der Waals surface area contributed by atoms with Crippen molar-refractivity contribution in [3.05, 3.63) is 99.4 Å². The fraction of sp³-hybridized carbons (Fsp3) is 0.167. The third-order valence-corrected chi connectivity index (χ3v) is 6.94. The number of amides is 2. The lowest BCUT2D eigenvalue weighted by molar-refractivity contribution is -0.118. The molecule has 0 saturated carbocycles. The van der Waals surface area contributed by atoms with Crippen LogP contribution in [0.25, 0.3) is 11.1 Å². The number of thiophene rings is 1. The molecule has 0 aliphatic heterocycles. The van der Waals surface area contributed by atoms with Gasteiger partial charge in [-0.3, -0.25) is 9.59 Å². The van der Waals surface area contributed by atoms with Crippen LogP contribution in [0.1, 0.15) is 38.8 Å². The Morgan fingerprint density at radius 1 is 0.923 bits per heavy atom. The standard InChI is InChI=1S/C30H27ClN2O5S/c1-4-37-30(36)27-24(20-6-10-22(31)11-7-20)17-39-29(27)33-26(34)16-38-23-12-8-21(9-13-23)28(35)32-25-14-5-18(2)15-19(25)3/h5-15,17H,4,16H2,1-3H3,(H,32,35)(H,33,34). The Morgan fingerprint density at radius 2 is 1.64 bits per heavy atom. The van der Waals surface area contributed by atoms with Crippen LogP contribution in [0.15, 0.2) is 72.1 Å². The van der Waals surface area contributed by atoms with Gasteiger partial charge in [0.05, 0.1) is 6.61 Å². The number of carbonyl (C=O) groups excluding carboxylic acids is 3. The fourth-order valence-electron chi connectivity index (χ4n) is 3.86. The Balaban J connectivity index is 1.39. The van der Waals surface area contributed by atoms with Gasteiger partial charge in [-0.2, -0.15) is 0 Å². The maximum absolute atomic E-state index is 12.7. The molecule has 0 atom stereocenters. The molecule has 7 nitrogen and oxygen atoms in total. The summed E-state index contributed by atoms with van der Waals surface area (Å²) in [5.74, 6) is -0.796. The molecule has 2 N–H and O–H groups in total. The van der Waals surface area contributed by atoms with Crippen molar-refractivity contribution >= 4 is 51.4 Å². The molecule has 39 heavy (non-hydrogen) atoms. The van der Waals surface area contributed by atoms with Crippen LogP contribution in [0.4, 0.5) is 10.7 Å². The zero-order valence-corrected chi connectivity index (χ0v) is 23.2. The summed E-state index contributed by atoms with van der Waals surface area (Å²) in [6.07, 6.45) is 0. The summed E-state index contributed by atoms with van der Waals surface area (Å²) in [5, 5.41) is 8.38. The van der Waals surface area contributed by atoms with Gasteiger partial charge in [0.15, 0.2) is 6.61 Å². The Hall–Kier alpha value is -4.14. The topological polar surface area (TPSA) is 93.7 Å². The molecule has 2 amide bonds. The van der Waals surface area contributed by atoms with E-state index >= 15 is 0 Å². The van der Waals surface area contributed by atoms with Gasteiger partial charge in [-0.15, -0.1) is 11.3 Å². The molecule has 3 aromatic carbocycles. The Morgan fingerprint density at radius 3 is 2.31 bits per heavy atom. The maximum Gasteiger partial charge on any atom is 0.341 e. The highest BCUT2D eigenvalue weighted by atomic mass is 35.5. The molecule has 0 fully saturated rings. The molecular formula is C30H27ClN2O5S. The van der Waals surface area contributed by atoms with E-state index in [1.165, 1.54) is 11.3 Å². The third kappa shape index (κ3) is 7.04. The molecule has 0 saturated heterocycles. The number of carbonyl (C=O) groups is 3. The van der Waals surface area contributed by atoms with E-state index in [0.717, 1.165) is 22.4 Å². The SMILES string of the molecule is CCOC(=O)c1c(-c2ccc(Cl)cc2)csc1NC(=O)COc1ccc(C(=O)Nc2ccc(C)cc2C)cc1. The maximum atomic E-state index is 12.7. The van der Waals surface area contributed by atoms with Crippen LogP contribution in [0.5, 0.6) is 5.75 Å². The van der Waals surface area contributed by atoms with E-state index in [1.807, 2.05) is 32.0 Å². The van der Waals surface area contributed by atoms with Crippen molar-refractivity contribution in [2.75, 3.05) is 23.8 Å². The largest absolute Gasteiger partial charge is 0.484 e. The highest BCUT2D eigenvalue weighted by Gasteiger charge is 2.23. The molecule has 0 bridgehead atoms. The highest BCUT2D eigenvalue weighted by Crippen LogP contribution is 2.36. The van der Waals surface area contributed by atoms with Crippen molar-refractivity contribution in [1.29, 1.82) is 0 Å². The average molecular weight is 563 g/mol. The third-order valence-electron chi connectivity index (χ3n) is 5.80. The minimum Gasteiger partial charge on any atom is -0.484 e. The van der Waals surface area contributed by atoms with Gasteiger partial charge >= 0.3 is 5.97 Å². The Labute approximate surface area is 235 Å². The summed E-state index contributed by atoms with van der Waals surface area (Å²) in [6.45, 7) is 5.57. The number of halogens is 1. The summed E-state index contributed by atoms with van der Waals surface area (Å²) >= 11 is 7.22. The lowest BCUT2D eigenvalue weighted by Gasteiger charge is -2.11. The minimum atomic E-state index is -0.533. The molecule has 4 aromatic rings. The summed E-state index contributed by atoms with van der Waals surface area (Å²) < 4.78 is 10.8. The molecule has 0 unspecified atom stereocenters. The molecule has 0 spiro atoms. The van der Waals surface area contributed by atoms with Crippen molar-refractivity contribution in [3.8, 4) is 16.9 Å². The fourth-order valence-corrected chi connectivity index (χ4v) is 4.96. The number of aryl methyl sites for hydroxylation is 2. The molecule has 0 radical (unpaired) electrons. The molecule has 0 aliphatic rings. The van der Waals surface area contributed by atoms with Crippen LogP contribution in [0.3, 0.4) is 0 Å². The van der Waals surface area contributed by atoms with Gasteiger partial charge in [0.25, 0.3) is 11.8 Å². The number of nitrogens with one attached hydrogen (secondary N) is 2. The summed E-state index contributed by atoms with van der Waals surface area (Å²) in [6, 6.07) is 19.4. The zero-order valence-electron chi connectivity index (χ0n) is 21.7. The number of benzene rings is 3. The van der Waals surface area contributed by atoms with Crippen LogP contribution in [0, 0.1) is 13.8 Å². The quantitative estimate of drug-likeness (QED) is 0.212. The van der Waals surface area contributed by atoms with Crippen LogP contribution in [-0.2, 0) is 9.53 Å². The van der Waals surface area contributed by atoms with Gasteiger partial charge in [0, 0.05) is 27.2 Å². The number of hydrogen-bond donors (Lipinski definition) is 2. The lowest BCUT2D eigenvalue weighted by Crippen LogP contribution is -2.21. The Kier molecular flexibility index (Phi) is 9.01. The van der Waals surface area contributed by atoms with E-state index in [9.17, 15) is 14.4 Å². The van der Waals surface area contributed by atoms with Gasteiger partial charge in [0.2, 0.25) is 0 Å². The first-order valence-electron chi connectivity index (χ1n) is 12.2. The van der Waals surface area contributed by atoms with Crippen LogP contribution < -0.4 is 15.4 Å². The summed E-state index contributed by atoms with van der Waals surface area (Å²) in [5.41, 5.74) is 4.99. The number of anilines is 2. The Bertz CT molecular complexity index is 1500. The van der Waals surface area contributed by atoms with Crippen LogP contribution >= 0.6 is 22.9 Å². The number of rotatable bonds is 9. The van der Waals surface area contributed by atoms with Gasteiger partial charge in [-0.05, 0) is 74.4 Å². The predicted octanol–water partition coefficient (Wildman–Crippen LogP) is 7.13. The second-order valence-corrected chi connectivity index (χ2v) is 10.0. The molecule has 1 aromatic heterocycles. The van der Waals surface area contributed by atoms with Gasteiger partial charge in [-0.1, -0.05) is 41.4 Å². The molecule has 200 valence electrons. The zero-order chi connectivity index (χ0) is 27.9. The second-order valence-electron chi connectivity index (χ2n) is 8.71. The minimum absolute atomic E-state index is 0.198. The van der Waals surface area contributed by atoms with E-state index in [-0.39, 0.29) is 24.7 Å². The number of ether oxygens (including phenoxy) is 2. The van der Waals surface area contributed by atoms with Crippen LogP contribution in [-0.4, -0.2) is 31.0 Å². The van der Waals surface area contributed by atoms with E-state index in [2.05, 4.69) is 10.6 Å². The normalized spacial score (nSPS) is 10.6. The molecule has 1 heterocycles. The van der Waals surface area contributed by atoms with Gasteiger partial charge in [0.1, 0.15) is 16.3 Å². The summed E-state index contributed by atoms with van der Waals surface area (Å²) in [7, 11) is 0. The van der Waals surface area contributed by atoms with Crippen molar-refractivity contribution in [1.82, 2.24) is 0 Å². The molecule has 4 rings (SSSR count). The predicted molar refractivity (Wildman–Crippen MR) is 155 cm³/mol. The van der Waals surface area contributed by atoms with Crippen molar-refractivity contribution < 1.29 is 23.9 Å². The molecular weight excluding hydrogens is 536 g/mol. The number of esters is 1. The van der Waals surface area contributed by atoms with E-state index in [0.29, 0.717) is 26.9 Å². The average Bonchev–Trinajstić information content (AvgIpc) is 3.33. The van der Waals surface area contributed by atoms with Crippen molar-refractivity contribution in [3.63, 3.8) is 0 Å². The second kappa shape index (κ2) is 12.6. The highest BCUT2D eigenvalue weighted by molar-refractivity contribution is 7.15. The smallest absolute Gasteiger partial charge is 0.341 e. The monoisotopic (exact) mass is 562 g/mol. The summed E-state index contributed by atoms with van der Waals surface area (Å²) in [4.78, 5) is 38.0. The van der Waals surface area contributed by atoms with Crippen molar-refractivity contribution in [2.45, 2.75) is 20.8 Å². The van der Waals surface area contributed by atoms with E-state index < -0.39 is 11.9 Å². The first-order chi connectivity index (χ1) is 18.7.